The molecule has 0 amide bonds. The van der Waals surface area contributed by atoms with Gasteiger partial charge in [-0.1, -0.05) is 13.8 Å². The minimum absolute atomic E-state index is 0.183. The molecule has 1 saturated carbocycles. The highest BCUT2D eigenvalue weighted by Crippen LogP contribution is 2.27. The second-order valence-corrected chi connectivity index (χ2v) is 4.50. The molecule has 2 N–H and O–H groups in total. The van der Waals surface area contributed by atoms with Gasteiger partial charge in [0.15, 0.2) is 0 Å². The van der Waals surface area contributed by atoms with Gasteiger partial charge in [0.25, 0.3) is 0 Å². The number of hydrogen-bond acceptors (Lipinski definition) is 3. The van der Waals surface area contributed by atoms with Gasteiger partial charge in [-0.2, -0.15) is 0 Å². The number of nitrogens with zero attached hydrogens (tertiary/aromatic N) is 1. The molecule has 0 unspecified atom stereocenters. The van der Waals surface area contributed by atoms with Gasteiger partial charge in [-0.05, 0) is 32.1 Å². The third-order valence-corrected chi connectivity index (χ3v) is 3.64. The Morgan fingerprint density at radius 3 is 2.33 bits per heavy atom. The van der Waals surface area contributed by atoms with Crippen molar-refractivity contribution in [2.75, 3.05) is 13.2 Å². The summed E-state index contributed by atoms with van der Waals surface area (Å²) >= 11 is 0. The SMILES string of the molecule is CCC(CC)N(CCO)[C@H]1CCC[C@@H]1O. The fourth-order valence-electron chi connectivity index (χ4n) is 2.80. The van der Waals surface area contributed by atoms with Gasteiger partial charge in [-0.25, -0.2) is 0 Å². The van der Waals surface area contributed by atoms with E-state index in [1.165, 1.54) is 0 Å². The zero-order chi connectivity index (χ0) is 11.3. The first-order valence-corrected chi connectivity index (χ1v) is 6.29. The highest BCUT2D eigenvalue weighted by molar-refractivity contribution is 4.88. The Bertz CT molecular complexity index is 171. The molecule has 0 spiro atoms. The highest BCUT2D eigenvalue weighted by atomic mass is 16.3. The summed E-state index contributed by atoms with van der Waals surface area (Å²) in [7, 11) is 0. The van der Waals surface area contributed by atoms with E-state index >= 15 is 0 Å². The van der Waals surface area contributed by atoms with Crippen LogP contribution in [0.15, 0.2) is 0 Å². The van der Waals surface area contributed by atoms with Crippen LogP contribution in [0.3, 0.4) is 0 Å². The van der Waals surface area contributed by atoms with Gasteiger partial charge in [0.05, 0.1) is 12.7 Å². The molecule has 0 saturated heterocycles. The van der Waals surface area contributed by atoms with E-state index in [1.807, 2.05) is 0 Å². The van der Waals surface area contributed by atoms with E-state index in [0.717, 1.165) is 32.1 Å². The molecule has 0 aromatic rings. The summed E-state index contributed by atoms with van der Waals surface area (Å²) in [5.41, 5.74) is 0. The Kier molecular flexibility index (Phi) is 5.58. The number of hydrogen-bond donors (Lipinski definition) is 2. The van der Waals surface area contributed by atoms with Crippen LogP contribution in [0.5, 0.6) is 0 Å². The molecule has 0 aromatic heterocycles. The topological polar surface area (TPSA) is 43.7 Å². The molecule has 3 heteroatoms. The van der Waals surface area contributed by atoms with Crippen LogP contribution in [0.1, 0.15) is 46.0 Å². The third-order valence-electron chi connectivity index (χ3n) is 3.64. The summed E-state index contributed by atoms with van der Waals surface area (Å²) in [6.45, 7) is 5.26. The molecular formula is C12H25NO2. The van der Waals surface area contributed by atoms with Crippen molar-refractivity contribution in [3.8, 4) is 0 Å². The van der Waals surface area contributed by atoms with Crippen LogP contribution >= 0.6 is 0 Å². The monoisotopic (exact) mass is 215 g/mol. The summed E-state index contributed by atoms with van der Waals surface area (Å²) in [6.07, 6.45) is 5.13. The first kappa shape index (κ1) is 12.9. The minimum atomic E-state index is -0.183. The standard InChI is InChI=1S/C12H25NO2/c1-3-10(4-2)13(8-9-14)11-6-5-7-12(11)15/h10-12,14-15H,3-9H2,1-2H3/t11-,12-/m0/s1. The van der Waals surface area contributed by atoms with Crippen molar-refractivity contribution in [3.63, 3.8) is 0 Å². The lowest BCUT2D eigenvalue weighted by Gasteiger charge is -2.36. The molecule has 1 aliphatic rings. The lowest BCUT2D eigenvalue weighted by atomic mass is 10.1. The van der Waals surface area contributed by atoms with Crippen molar-refractivity contribution in [1.82, 2.24) is 4.90 Å². The molecule has 1 rings (SSSR count). The van der Waals surface area contributed by atoms with Crippen LogP contribution in [-0.4, -0.2) is 46.5 Å². The second kappa shape index (κ2) is 6.46. The molecule has 3 nitrogen and oxygen atoms in total. The smallest absolute Gasteiger partial charge is 0.0695 e. The Hall–Kier alpha value is -0.120. The predicted molar refractivity (Wildman–Crippen MR) is 61.8 cm³/mol. The van der Waals surface area contributed by atoms with Crippen molar-refractivity contribution in [1.29, 1.82) is 0 Å². The van der Waals surface area contributed by atoms with Gasteiger partial charge in [0, 0.05) is 18.6 Å². The molecule has 1 fully saturated rings. The summed E-state index contributed by atoms with van der Waals surface area (Å²) in [5.74, 6) is 0. The van der Waals surface area contributed by atoms with Gasteiger partial charge < -0.3 is 10.2 Å². The zero-order valence-corrected chi connectivity index (χ0v) is 10.0. The summed E-state index contributed by atoms with van der Waals surface area (Å²) in [6, 6.07) is 0.789. The minimum Gasteiger partial charge on any atom is -0.395 e. The Balaban J connectivity index is 2.62. The largest absolute Gasteiger partial charge is 0.395 e. The Morgan fingerprint density at radius 2 is 1.93 bits per heavy atom. The fourth-order valence-corrected chi connectivity index (χ4v) is 2.80. The molecule has 2 atom stereocenters. The van der Waals surface area contributed by atoms with Crippen molar-refractivity contribution < 1.29 is 10.2 Å². The molecule has 0 aliphatic heterocycles. The van der Waals surface area contributed by atoms with E-state index in [-0.39, 0.29) is 18.8 Å². The van der Waals surface area contributed by atoms with Crippen LogP contribution in [0.25, 0.3) is 0 Å². The Labute approximate surface area is 93.1 Å². The van der Waals surface area contributed by atoms with E-state index in [9.17, 15) is 5.11 Å². The van der Waals surface area contributed by atoms with Gasteiger partial charge in [0.2, 0.25) is 0 Å². The average molecular weight is 215 g/mol. The van der Waals surface area contributed by atoms with Gasteiger partial charge in [-0.3, -0.25) is 4.90 Å². The molecular weight excluding hydrogens is 190 g/mol. The molecule has 90 valence electrons. The second-order valence-electron chi connectivity index (χ2n) is 4.50. The van der Waals surface area contributed by atoms with Crippen molar-refractivity contribution >= 4 is 0 Å². The van der Waals surface area contributed by atoms with E-state index in [2.05, 4.69) is 18.7 Å². The van der Waals surface area contributed by atoms with Crippen molar-refractivity contribution in [3.05, 3.63) is 0 Å². The van der Waals surface area contributed by atoms with Gasteiger partial charge >= 0.3 is 0 Å². The number of rotatable bonds is 6. The van der Waals surface area contributed by atoms with E-state index in [1.54, 1.807) is 0 Å². The van der Waals surface area contributed by atoms with Crippen LogP contribution in [0, 0.1) is 0 Å². The first-order chi connectivity index (χ1) is 7.24. The quantitative estimate of drug-likeness (QED) is 0.703. The lowest BCUT2D eigenvalue weighted by Crippen LogP contribution is -2.47. The normalized spacial score (nSPS) is 26.8. The van der Waals surface area contributed by atoms with Crippen molar-refractivity contribution in [2.45, 2.75) is 64.1 Å². The fraction of sp³-hybridized carbons (Fsp3) is 1.00. The summed E-state index contributed by atoms with van der Waals surface area (Å²) in [5, 5.41) is 19.0. The first-order valence-electron chi connectivity index (χ1n) is 6.29. The highest BCUT2D eigenvalue weighted by Gasteiger charge is 2.32. The van der Waals surface area contributed by atoms with E-state index < -0.39 is 0 Å². The van der Waals surface area contributed by atoms with E-state index in [0.29, 0.717) is 12.6 Å². The summed E-state index contributed by atoms with van der Waals surface area (Å²) < 4.78 is 0. The average Bonchev–Trinajstić information content (AvgIpc) is 2.65. The molecule has 0 aromatic carbocycles. The molecule has 0 bridgehead atoms. The van der Waals surface area contributed by atoms with Gasteiger partial charge in [0.1, 0.15) is 0 Å². The van der Waals surface area contributed by atoms with Gasteiger partial charge in [-0.15, -0.1) is 0 Å². The maximum atomic E-state index is 9.90. The summed E-state index contributed by atoms with van der Waals surface area (Å²) in [4.78, 5) is 2.32. The number of aliphatic hydroxyl groups excluding tert-OH is 2. The van der Waals surface area contributed by atoms with Crippen LogP contribution < -0.4 is 0 Å². The maximum Gasteiger partial charge on any atom is 0.0695 e. The molecule has 0 heterocycles. The zero-order valence-electron chi connectivity index (χ0n) is 10.0. The van der Waals surface area contributed by atoms with E-state index in [4.69, 9.17) is 5.11 Å². The predicted octanol–water partition coefficient (Wildman–Crippen LogP) is 1.38. The maximum absolute atomic E-state index is 9.90. The van der Waals surface area contributed by atoms with Crippen LogP contribution in [0.4, 0.5) is 0 Å². The third kappa shape index (κ3) is 3.16. The van der Waals surface area contributed by atoms with Crippen LogP contribution in [0.2, 0.25) is 0 Å². The number of aliphatic hydroxyl groups is 2. The molecule has 15 heavy (non-hydrogen) atoms. The van der Waals surface area contributed by atoms with Crippen molar-refractivity contribution in [2.24, 2.45) is 0 Å². The van der Waals surface area contributed by atoms with Crippen LogP contribution in [-0.2, 0) is 0 Å². The lowest BCUT2D eigenvalue weighted by molar-refractivity contribution is 0.0290. The molecule has 0 radical (unpaired) electrons. The molecule has 1 aliphatic carbocycles. The Morgan fingerprint density at radius 1 is 1.27 bits per heavy atom.